The molecule has 1 aromatic rings. The van der Waals surface area contributed by atoms with Crippen LogP contribution in [-0.4, -0.2) is 5.11 Å². The van der Waals surface area contributed by atoms with Crippen LogP contribution in [0.15, 0.2) is 24.3 Å². The van der Waals surface area contributed by atoms with Crippen molar-refractivity contribution in [2.45, 2.75) is 25.1 Å². The Bertz CT molecular complexity index is 373. The minimum atomic E-state index is -4.34. The molecule has 1 nitrogen and oxygen atoms in total. The lowest BCUT2D eigenvalue weighted by Crippen LogP contribution is -2.05. The molecular formula is C12H11F3O. The predicted octanol–water partition coefficient (Wildman–Crippen LogP) is 3.15. The molecule has 0 amide bonds. The standard InChI is InChI=1S/C12H11F3O/c1-2-3-4-11(16)9-5-7-10(8-6-9)12(13,14)15/h1,5-8,11,16H,3-4H2. The molecule has 0 radical (unpaired) electrons. The van der Waals surface area contributed by atoms with E-state index in [1.165, 1.54) is 12.1 Å². The van der Waals surface area contributed by atoms with Gasteiger partial charge < -0.3 is 5.11 Å². The number of rotatable bonds is 3. The minimum absolute atomic E-state index is 0.349. The molecule has 0 saturated carbocycles. The van der Waals surface area contributed by atoms with Crippen molar-refractivity contribution in [1.29, 1.82) is 0 Å². The van der Waals surface area contributed by atoms with Crippen LogP contribution >= 0.6 is 0 Å². The zero-order valence-electron chi connectivity index (χ0n) is 8.46. The van der Waals surface area contributed by atoms with Gasteiger partial charge in [-0.25, -0.2) is 0 Å². The van der Waals surface area contributed by atoms with E-state index in [0.29, 0.717) is 18.4 Å². The largest absolute Gasteiger partial charge is 0.416 e. The lowest BCUT2D eigenvalue weighted by atomic mass is 10.0. The molecule has 1 unspecified atom stereocenters. The Morgan fingerprint density at radius 2 is 1.81 bits per heavy atom. The molecule has 0 aliphatic carbocycles. The first-order valence-corrected chi connectivity index (χ1v) is 4.74. The number of halogens is 3. The van der Waals surface area contributed by atoms with Crippen molar-refractivity contribution >= 4 is 0 Å². The van der Waals surface area contributed by atoms with Gasteiger partial charge in [0.25, 0.3) is 0 Å². The third-order valence-corrected chi connectivity index (χ3v) is 2.18. The number of hydrogen-bond acceptors (Lipinski definition) is 1. The van der Waals surface area contributed by atoms with Crippen LogP contribution in [-0.2, 0) is 6.18 Å². The molecule has 1 N–H and O–H groups in total. The maximum atomic E-state index is 12.2. The van der Waals surface area contributed by atoms with E-state index in [-0.39, 0.29) is 0 Å². The highest BCUT2D eigenvalue weighted by Gasteiger charge is 2.30. The van der Waals surface area contributed by atoms with Crippen LogP contribution in [0.1, 0.15) is 30.1 Å². The first-order chi connectivity index (χ1) is 7.45. The van der Waals surface area contributed by atoms with Crippen molar-refractivity contribution in [3.63, 3.8) is 0 Å². The number of alkyl halides is 3. The highest BCUT2D eigenvalue weighted by Crippen LogP contribution is 2.30. The summed E-state index contributed by atoms with van der Waals surface area (Å²) in [7, 11) is 0. The number of aliphatic hydroxyl groups is 1. The second-order valence-corrected chi connectivity index (χ2v) is 3.38. The smallest absolute Gasteiger partial charge is 0.388 e. The van der Waals surface area contributed by atoms with Gasteiger partial charge >= 0.3 is 6.18 Å². The van der Waals surface area contributed by atoms with Gasteiger partial charge in [0, 0.05) is 6.42 Å². The van der Waals surface area contributed by atoms with Crippen molar-refractivity contribution in [1.82, 2.24) is 0 Å². The quantitative estimate of drug-likeness (QED) is 0.788. The van der Waals surface area contributed by atoms with E-state index in [0.717, 1.165) is 12.1 Å². The van der Waals surface area contributed by atoms with E-state index in [1.54, 1.807) is 0 Å². The lowest BCUT2D eigenvalue weighted by Gasteiger charge is -2.11. The van der Waals surface area contributed by atoms with Gasteiger partial charge in [-0.05, 0) is 24.1 Å². The molecule has 0 aliphatic rings. The fourth-order valence-corrected chi connectivity index (χ4v) is 1.28. The van der Waals surface area contributed by atoms with E-state index >= 15 is 0 Å². The van der Waals surface area contributed by atoms with Crippen molar-refractivity contribution in [2.24, 2.45) is 0 Å². The van der Waals surface area contributed by atoms with Crippen LogP contribution in [0.25, 0.3) is 0 Å². The second-order valence-electron chi connectivity index (χ2n) is 3.38. The van der Waals surface area contributed by atoms with E-state index in [2.05, 4.69) is 5.92 Å². The van der Waals surface area contributed by atoms with Crippen LogP contribution in [0.4, 0.5) is 13.2 Å². The molecule has 0 heterocycles. The second kappa shape index (κ2) is 5.04. The van der Waals surface area contributed by atoms with Crippen LogP contribution in [0, 0.1) is 12.3 Å². The number of aliphatic hydroxyl groups excluding tert-OH is 1. The lowest BCUT2D eigenvalue weighted by molar-refractivity contribution is -0.137. The van der Waals surface area contributed by atoms with Crippen LogP contribution in [0.5, 0.6) is 0 Å². The molecule has 86 valence electrons. The van der Waals surface area contributed by atoms with E-state index < -0.39 is 17.8 Å². The summed E-state index contributed by atoms with van der Waals surface area (Å²) in [6.07, 6.45) is 0.614. The van der Waals surface area contributed by atoms with Gasteiger partial charge in [0.1, 0.15) is 0 Å². The fraction of sp³-hybridized carbons (Fsp3) is 0.333. The molecule has 1 aromatic carbocycles. The summed E-state index contributed by atoms with van der Waals surface area (Å²) in [5.74, 6) is 2.36. The van der Waals surface area contributed by atoms with E-state index in [9.17, 15) is 18.3 Å². The molecule has 0 fully saturated rings. The summed E-state index contributed by atoms with van der Waals surface area (Å²) >= 11 is 0. The van der Waals surface area contributed by atoms with E-state index in [1.807, 2.05) is 0 Å². The average molecular weight is 228 g/mol. The van der Waals surface area contributed by atoms with Crippen molar-refractivity contribution < 1.29 is 18.3 Å². The molecule has 0 aliphatic heterocycles. The van der Waals surface area contributed by atoms with Gasteiger partial charge in [-0.1, -0.05) is 12.1 Å². The zero-order valence-corrected chi connectivity index (χ0v) is 8.46. The first kappa shape index (κ1) is 12.6. The SMILES string of the molecule is C#CCCC(O)c1ccc(C(F)(F)F)cc1. The molecule has 0 bridgehead atoms. The summed E-state index contributed by atoms with van der Waals surface area (Å²) in [6.45, 7) is 0. The summed E-state index contributed by atoms with van der Waals surface area (Å²) in [6, 6.07) is 4.44. The Kier molecular flexibility index (Phi) is 3.97. The van der Waals surface area contributed by atoms with Gasteiger partial charge in [0.05, 0.1) is 11.7 Å². The Morgan fingerprint density at radius 3 is 2.25 bits per heavy atom. The minimum Gasteiger partial charge on any atom is -0.388 e. The van der Waals surface area contributed by atoms with E-state index in [4.69, 9.17) is 6.42 Å². The Morgan fingerprint density at radius 1 is 1.25 bits per heavy atom. The maximum Gasteiger partial charge on any atom is 0.416 e. The molecule has 1 rings (SSSR count). The number of terminal acetylenes is 1. The third-order valence-electron chi connectivity index (χ3n) is 2.18. The topological polar surface area (TPSA) is 20.2 Å². The molecule has 1 atom stereocenters. The average Bonchev–Trinajstić information content (AvgIpc) is 2.25. The summed E-state index contributed by atoms with van der Waals surface area (Å²) in [5, 5.41) is 9.57. The highest BCUT2D eigenvalue weighted by atomic mass is 19.4. The fourth-order valence-electron chi connectivity index (χ4n) is 1.28. The van der Waals surface area contributed by atoms with Gasteiger partial charge in [-0.15, -0.1) is 12.3 Å². The Balaban J connectivity index is 2.76. The van der Waals surface area contributed by atoms with Crippen molar-refractivity contribution in [2.75, 3.05) is 0 Å². The molecular weight excluding hydrogens is 217 g/mol. The van der Waals surface area contributed by atoms with Crippen molar-refractivity contribution in [3.05, 3.63) is 35.4 Å². The van der Waals surface area contributed by atoms with Gasteiger partial charge in [0.2, 0.25) is 0 Å². The van der Waals surface area contributed by atoms with Crippen LogP contribution in [0.2, 0.25) is 0 Å². The highest BCUT2D eigenvalue weighted by molar-refractivity contribution is 5.26. The summed E-state index contributed by atoms with van der Waals surface area (Å²) in [4.78, 5) is 0. The molecule has 4 heteroatoms. The molecule has 0 spiro atoms. The number of hydrogen-bond donors (Lipinski definition) is 1. The summed E-state index contributed by atoms with van der Waals surface area (Å²) < 4.78 is 36.7. The van der Waals surface area contributed by atoms with Crippen molar-refractivity contribution in [3.8, 4) is 12.3 Å². The molecule has 0 aromatic heterocycles. The molecule has 0 saturated heterocycles. The zero-order chi connectivity index (χ0) is 12.2. The monoisotopic (exact) mass is 228 g/mol. The third kappa shape index (κ3) is 3.28. The summed E-state index contributed by atoms with van der Waals surface area (Å²) in [5.41, 5.74) is -0.274. The van der Waals surface area contributed by atoms with Gasteiger partial charge in [-0.2, -0.15) is 13.2 Å². The number of benzene rings is 1. The molecule has 16 heavy (non-hydrogen) atoms. The van der Waals surface area contributed by atoms with Gasteiger partial charge in [0.15, 0.2) is 0 Å². The Labute approximate surface area is 91.9 Å². The normalized spacial score (nSPS) is 13.2. The van der Waals surface area contributed by atoms with Gasteiger partial charge in [-0.3, -0.25) is 0 Å². The maximum absolute atomic E-state index is 12.2. The van der Waals surface area contributed by atoms with Crippen LogP contribution < -0.4 is 0 Å². The van der Waals surface area contributed by atoms with Crippen LogP contribution in [0.3, 0.4) is 0 Å². The predicted molar refractivity (Wildman–Crippen MR) is 54.5 cm³/mol. The Hall–Kier alpha value is -1.47. The first-order valence-electron chi connectivity index (χ1n) is 4.74.